The zero-order valence-corrected chi connectivity index (χ0v) is 29.0. The van der Waals surface area contributed by atoms with Crippen molar-refractivity contribution in [3.8, 4) is 46.3 Å². The highest BCUT2D eigenvalue weighted by atomic mass is 16.6. The Morgan fingerprint density at radius 1 is 0.549 bits per heavy atom. The summed E-state index contributed by atoms with van der Waals surface area (Å²) < 4.78 is 21.1. The molecule has 0 unspecified atom stereocenters. The fourth-order valence-corrected chi connectivity index (χ4v) is 5.47. The Labute approximate surface area is 299 Å². The third kappa shape index (κ3) is 10.0. The van der Waals surface area contributed by atoms with Gasteiger partial charge in [-0.1, -0.05) is 55.0 Å². The highest BCUT2D eigenvalue weighted by Gasteiger charge is 2.10. The van der Waals surface area contributed by atoms with Crippen LogP contribution < -0.4 is 9.47 Å². The van der Waals surface area contributed by atoms with E-state index in [1.807, 2.05) is 48.5 Å². The van der Waals surface area contributed by atoms with Crippen LogP contribution in [0.4, 0.5) is 0 Å². The summed E-state index contributed by atoms with van der Waals surface area (Å²) in [5.74, 6) is 13.6. The molecule has 0 aliphatic rings. The lowest BCUT2D eigenvalue weighted by atomic mass is 9.91. The van der Waals surface area contributed by atoms with Crippen molar-refractivity contribution in [1.82, 2.24) is 0 Å². The molecule has 0 saturated heterocycles. The first-order valence-corrected chi connectivity index (χ1v) is 16.5. The van der Waals surface area contributed by atoms with Gasteiger partial charge in [0.1, 0.15) is 37.9 Å². The number of carbonyl (C=O) groups is 2. The predicted octanol–water partition coefficient (Wildman–Crippen LogP) is 8.45. The third-order valence-corrected chi connectivity index (χ3v) is 7.93. The molecule has 0 heterocycles. The van der Waals surface area contributed by atoms with E-state index in [0.717, 1.165) is 67.4 Å². The molecule has 0 aliphatic carbocycles. The number of carbonyl (C=O) groups excluding carboxylic acids is 2. The first kappa shape index (κ1) is 35.8. The number of fused-ring (bicyclic) bond motifs is 1. The van der Waals surface area contributed by atoms with E-state index in [1.165, 1.54) is 5.56 Å². The fourth-order valence-electron chi connectivity index (χ4n) is 5.47. The molecule has 0 radical (unpaired) electrons. The van der Waals surface area contributed by atoms with Crippen LogP contribution in [-0.2, 0) is 19.1 Å². The Morgan fingerprint density at radius 2 is 1.06 bits per heavy atom. The van der Waals surface area contributed by atoms with Crippen molar-refractivity contribution in [2.45, 2.75) is 20.8 Å². The fraction of sp³-hybridized carbons (Fsp3) is 0.156. The van der Waals surface area contributed by atoms with Crippen molar-refractivity contribution >= 4 is 22.7 Å². The number of rotatable bonds is 11. The number of esters is 2. The number of aryl methyl sites for hydroxylation is 3. The molecular formula is C45H38O6. The third-order valence-electron chi connectivity index (χ3n) is 7.93. The van der Waals surface area contributed by atoms with Gasteiger partial charge in [0.25, 0.3) is 0 Å². The monoisotopic (exact) mass is 674 g/mol. The van der Waals surface area contributed by atoms with E-state index in [0.29, 0.717) is 11.5 Å². The molecule has 0 aliphatic heterocycles. The molecular weight excluding hydrogens is 636 g/mol. The van der Waals surface area contributed by atoms with E-state index < -0.39 is 11.9 Å². The molecule has 0 atom stereocenters. The molecule has 5 aromatic rings. The van der Waals surface area contributed by atoms with Gasteiger partial charge in [0.05, 0.1) is 0 Å². The summed E-state index contributed by atoms with van der Waals surface area (Å²) in [5.41, 5.74) is 9.46. The molecule has 6 nitrogen and oxygen atoms in total. The molecule has 5 rings (SSSR count). The van der Waals surface area contributed by atoms with Crippen molar-refractivity contribution in [3.05, 3.63) is 155 Å². The molecule has 0 amide bonds. The summed E-state index contributed by atoms with van der Waals surface area (Å²) in [7, 11) is 0. The highest BCUT2D eigenvalue weighted by Crippen LogP contribution is 2.32. The standard InChI is InChI=1S/C45H38O6/c1-6-43(46)50-24-22-48-41-18-11-34(12-19-41)8-9-36-26-32(4)45(33(5)27-36)39-17-16-38-29-37(31(3)28-40(38)30-39)15-10-35-13-20-42(21-14-35)49-23-25-51-44(47)7-2/h6-7,11-14,16-21,26-30H,1-2,22-25H2,3-5H3. The van der Waals surface area contributed by atoms with Gasteiger partial charge in [-0.15, -0.1) is 0 Å². The summed E-state index contributed by atoms with van der Waals surface area (Å²) >= 11 is 0. The van der Waals surface area contributed by atoms with Gasteiger partial charge in [-0.05, 0) is 132 Å². The summed E-state index contributed by atoms with van der Waals surface area (Å²) in [6.45, 7) is 13.9. The van der Waals surface area contributed by atoms with Gasteiger partial charge in [0.2, 0.25) is 0 Å². The zero-order valence-electron chi connectivity index (χ0n) is 29.0. The van der Waals surface area contributed by atoms with Gasteiger partial charge in [0, 0.05) is 34.4 Å². The van der Waals surface area contributed by atoms with Crippen LogP contribution in [0, 0.1) is 44.5 Å². The average Bonchev–Trinajstić information content (AvgIpc) is 3.13. The predicted molar refractivity (Wildman–Crippen MR) is 202 cm³/mol. The highest BCUT2D eigenvalue weighted by molar-refractivity contribution is 5.90. The summed E-state index contributed by atoms with van der Waals surface area (Å²) in [6.07, 6.45) is 2.25. The Morgan fingerprint density at radius 3 is 1.59 bits per heavy atom. The second-order valence-electron chi connectivity index (χ2n) is 11.7. The van der Waals surface area contributed by atoms with Gasteiger partial charge in [-0.3, -0.25) is 0 Å². The van der Waals surface area contributed by atoms with Crippen molar-refractivity contribution in [1.29, 1.82) is 0 Å². The van der Waals surface area contributed by atoms with E-state index in [1.54, 1.807) is 0 Å². The summed E-state index contributed by atoms with van der Waals surface area (Å²) in [6, 6.07) is 30.2. The quantitative estimate of drug-likeness (QED) is 0.0606. The van der Waals surface area contributed by atoms with E-state index in [9.17, 15) is 9.59 Å². The summed E-state index contributed by atoms with van der Waals surface area (Å²) in [5, 5.41) is 2.28. The van der Waals surface area contributed by atoms with Crippen molar-refractivity contribution in [2.75, 3.05) is 26.4 Å². The molecule has 0 saturated carbocycles. The molecule has 5 aromatic carbocycles. The molecule has 0 fully saturated rings. The topological polar surface area (TPSA) is 71.1 Å². The zero-order chi connectivity index (χ0) is 36.2. The molecule has 51 heavy (non-hydrogen) atoms. The molecule has 0 bridgehead atoms. The second kappa shape index (κ2) is 17.2. The van der Waals surface area contributed by atoms with Crippen LogP contribution in [0.5, 0.6) is 11.5 Å². The Balaban J connectivity index is 1.24. The maximum absolute atomic E-state index is 11.1. The molecule has 0 N–H and O–H groups in total. The van der Waals surface area contributed by atoms with Gasteiger partial charge < -0.3 is 18.9 Å². The number of hydrogen-bond acceptors (Lipinski definition) is 6. The van der Waals surface area contributed by atoms with Crippen LogP contribution in [0.2, 0.25) is 0 Å². The van der Waals surface area contributed by atoms with Gasteiger partial charge in [-0.2, -0.15) is 0 Å². The van der Waals surface area contributed by atoms with Crippen LogP contribution in [0.3, 0.4) is 0 Å². The van der Waals surface area contributed by atoms with Gasteiger partial charge in [-0.25, -0.2) is 9.59 Å². The van der Waals surface area contributed by atoms with Crippen molar-refractivity contribution in [2.24, 2.45) is 0 Å². The van der Waals surface area contributed by atoms with Gasteiger partial charge >= 0.3 is 11.9 Å². The second-order valence-corrected chi connectivity index (χ2v) is 11.7. The van der Waals surface area contributed by atoms with E-state index in [4.69, 9.17) is 18.9 Å². The van der Waals surface area contributed by atoms with E-state index >= 15 is 0 Å². The SMILES string of the molecule is C=CC(=O)OCCOc1ccc(C#Cc2cc(C)c(-c3ccc4cc(C#Cc5ccc(OCCOC(=O)C=C)cc5)c(C)cc4c3)c(C)c2)cc1. The Hall–Kier alpha value is -6.50. The van der Waals surface area contributed by atoms with Crippen LogP contribution in [0.25, 0.3) is 21.9 Å². The van der Waals surface area contributed by atoms with Crippen molar-refractivity contribution < 1.29 is 28.5 Å². The lowest BCUT2D eigenvalue weighted by molar-refractivity contribution is -0.139. The van der Waals surface area contributed by atoms with Gasteiger partial charge in [0.15, 0.2) is 0 Å². The minimum atomic E-state index is -0.468. The molecule has 254 valence electrons. The number of hydrogen-bond donors (Lipinski definition) is 0. The van der Waals surface area contributed by atoms with Crippen LogP contribution in [0.1, 0.15) is 38.9 Å². The first-order chi connectivity index (χ1) is 24.7. The molecule has 0 aromatic heterocycles. The van der Waals surface area contributed by atoms with E-state index in [-0.39, 0.29) is 26.4 Å². The number of ether oxygens (including phenoxy) is 4. The van der Waals surface area contributed by atoms with Crippen molar-refractivity contribution in [3.63, 3.8) is 0 Å². The Bertz CT molecular complexity index is 2180. The molecule has 6 heteroatoms. The Kier molecular flexibility index (Phi) is 12.1. The average molecular weight is 675 g/mol. The smallest absolute Gasteiger partial charge is 0.330 e. The minimum absolute atomic E-state index is 0.159. The molecule has 0 spiro atoms. The van der Waals surface area contributed by atoms with Crippen LogP contribution in [-0.4, -0.2) is 38.4 Å². The summed E-state index contributed by atoms with van der Waals surface area (Å²) in [4.78, 5) is 22.3. The van der Waals surface area contributed by atoms with E-state index in [2.05, 4.69) is 100 Å². The van der Waals surface area contributed by atoms with Crippen LogP contribution >= 0.6 is 0 Å². The normalized spacial score (nSPS) is 10.2. The first-order valence-electron chi connectivity index (χ1n) is 16.5. The largest absolute Gasteiger partial charge is 0.490 e. The minimum Gasteiger partial charge on any atom is -0.490 e. The maximum Gasteiger partial charge on any atom is 0.330 e. The van der Waals surface area contributed by atoms with Crippen LogP contribution in [0.15, 0.2) is 116 Å². The lowest BCUT2D eigenvalue weighted by Crippen LogP contribution is -2.10. The lowest BCUT2D eigenvalue weighted by Gasteiger charge is -2.13. The maximum atomic E-state index is 11.1. The number of benzene rings is 5.